The average Bonchev–Trinajstić information content (AvgIpc) is 3.60. The van der Waals surface area contributed by atoms with Gasteiger partial charge < -0.3 is 13.6 Å². The molecule has 0 atom stereocenters. The number of aryl methyl sites for hydroxylation is 2. The second-order valence-electron chi connectivity index (χ2n) is 18.8. The van der Waals surface area contributed by atoms with Crippen molar-refractivity contribution < 1.29 is 33.7 Å². The molecule has 1 saturated carbocycles. The molecule has 4 aromatic heterocycles. The summed E-state index contributed by atoms with van der Waals surface area (Å²) in [4.78, 5) is 4.46. The van der Waals surface area contributed by atoms with Crippen molar-refractivity contribution in [3.63, 3.8) is 0 Å². The van der Waals surface area contributed by atoms with E-state index in [1.54, 1.807) is 0 Å². The van der Waals surface area contributed by atoms with Crippen LogP contribution in [0.25, 0.3) is 66.7 Å². The first-order valence-electron chi connectivity index (χ1n) is 22.2. The minimum atomic E-state index is -1.35. The molecule has 0 N–H and O–H groups in total. The Labute approximate surface area is 390 Å². The number of benzene rings is 4. The van der Waals surface area contributed by atoms with Gasteiger partial charge in [-0.3, -0.25) is 4.98 Å². The van der Waals surface area contributed by atoms with Crippen molar-refractivity contribution in [2.75, 3.05) is 0 Å². The molecule has 1 radical (unpaired) electrons. The standard InChI is InChI=1S/C34H34NO.C23H27N2Si.Ir/c1-22(2)28-18-27(25-13-9-6-10-14-25)20-33-34(28)30-21-29(23(3)17-32(30)36-33)31-19-26(15-16-35(31)4)24-11-7-5-8-12-24;1-16-12-19(20-13-17(2)24-18(3)14-20)8-10-22(16)23-11-9-21(15-25(23)4)26(5,6)7;/h6,9-10,13-22,24H,3-5,7-8,11-12H2,1-2H3;8-15H,1,4H2,2-3,5-7H3;/q2*-1;. The van der Waals surface area contributed by atoms with Gasteiger partial charge in [0.1, 0.15) is 5.58 Å². The Morgan fingerprint density at radius 2 is 1.33 bits per heavy atom. The third-order valence-electron chi connectivity index (χ3n) is 12.7. The number of pyridine rings is 3. The van der Waals surface area contributed by atoms with E-state index in [0.29, 0.717) is 11.8 Å². The van der Waals surface area contributed by atoms with Gasteiger partial charge in [-0.15, -0.1) is 29.3 Å². The molecule has 325 valence electrons. The van der Waals surface area contributed by atoms with Crippen LogP contribution in [0.1, 0.15) is 91.4 Å². The fraction of sp³-hybridized carbons (Fsp3) is 0.246. The molecular formula is C57H61IrN3OSi-2. The number of hydrogen-bond donors (Lipinski definition) is 0. The zero-order valence-electron chi connectivity index (χ0n) is 38.1. The van der Waals surface area contributed by atoms with E-state index in [4.69, 9.17) is 4.42 Å². The molecule has 8 aromatic rings. The minimum absolute atomic E-state index is 0. The largest absolute Gasteiger partial charge is 0.469 e. The molecule has 4 heterocycles. The summed E-state index contributed by atoms with van der Waals surface area (Å²) >= 11 is 0. The van der Waals surface area contributed by atoms with Crippen LogP contribution in [-0.4, -0.2) is 13.1 Å². The van der Waals surface area contributed by atoms with Crippen molar-refractivity contribution in [3.8, 4) is 44.8 Å². The number of aromatic nitrogens is 3. The summed E-state index contributed by atoms with van der Waals surface area (Å²) in [5.74, 6) is 1.02. The Bertz CT molecular complexity index is 2900. The number of furan rings is 1. The zero-order valence-corrected chi connectivity index (χ0v) is 41.5. The summed E-state index contributed by atoms with van der Waals surface area (Å²) in [6.45, 7) is 24.3. The van der Waals surface area contributed by atoms with Gasteiger partial charge in [-0.05, 0) is 79.0 Å². The van der Waals surface area contributed by atoms with Crippen LogP contribution in [0.3, 0.4) is 0 Å². The molecule has 4 nitrogen and oxygen atoms in total. The van der Waals surface area contributed by atoms with Crippen LogP contribution < -0.4 is 14.3 Å². The van der Waals surface area contributed by atoms with E-state index in [9.17, 15) is 0 Å². The molecule has 0 spiro atoms. The van der Waals surface area contributed by atoms with Gasteiger partial charge in [0.2, 0.25) is 0 Å². The molecule has 0 unspecified atom stereocenters. The molecule has 1 fully saturated rings. The number of nitrogens with zero attached hydrogens (tertiary/aromatic N) is 3. The van der Waals surface area contributed by atoms with Crippen LogP contribution in [0.15, 0.2) is 126 Å². The van der Waals surface area contributed by atoms with Gasteiger partial charge in [-0.25, -0.2) is 0 Å². The van der Waals surface area contributed by atoms with Gasteiger partial charge >= 0.3 is 0 Å². The molecule has 1 aliphatic rings. The first kappa shape index (κ1) is 45.5. The molecule has 0 saturated heterocycles. The van der Waals surface area contributed by atoms with E-state index < -0.39 is 8.07 Å². The van der Waals surface area contributed by atoms with Gasteiger partial charge in [-0.2, -0.15) is 31.0 Å². The average molecular weight is 1020 g/mol. The van der Waals surface area contributed by atoms with Crippen LogP contribution in [0, 0.1) is 41.8 Å². The number of rotatable bonds is 7. The zero-order chi connectivity index (χ0) is 43.9. The number of fused-ring (bicyclic) bond motifs is 3. The fourth-order valence-corrected chi connectivity index (χ4v) is 10.4. The summed E-state index contributed by atoms with van der Waals surface area (Å²) in [6, 6.07) is 39.1. The van der Waals surface area contributed by atoms with Gasteiger partial charge in [0.05, 0.1) is 37.4 Å². The summed E-state index contributed by atoms with van der Waals surface area (Å²) in [7, 11) is 7.18. The van der Waals surface area contributed by atoms with Crippen molar-refractivity contribution in [3.05, 3.63) is 183 Å². The molecule has 63 heavy (non-hydrogen) atoms. The summed E-state index contributed by atoms with van der Waals surface area (Å²) in [5, 5.41) is 3.76. The van der Waals surface area contributed by atoms with E-state index in [1.165, 1.54) is 76.1 Å². The monoisotopic (exact) mass is 1020 g/mol. The Morgan fingerprint density at radius 3 is 1.98 bits per heavy atom. The SMILES string of the molecule is [CH2-]c1cc(-c2cc(C)nc(C)c2)ccc1-c1ccc([Si](C)(C)C)c[n+]1[CH2-].[CH2-]c1cc2oc3cc(-c4ccccc4)cc(C(C)C)c3c2cc1-c1cc(C2CCCCC2)cc[n+]1[CH2-].[Ir]. The smallest absolute Gasteiger partial charge is 0.134 e. The van der Waals surface area contributed by atoms with Crippen molar-refractivity contribution in [2.45, 2.75) is 91.3 Å². The molecule has 0 bridgehead atoms. The summed E-state index contributed by atoms with van der Waals surface area (Å²) < 4.78 is 10.4. The maximum atomic E-state index is 6.46. The Hall–Kier alpha value is -5.52. The summed E-state index contributed by atoms with van der Waals surface area (Å²) in [6.07, 6.45) is 10.9. The first-order chi connectivity index (χ1) is 29.6. The van der Waals surface area contributed by atoms with E-state index in [1.807, 2.05) is 23.0 Å². The predicted molar refractivity (Wildman–Crippen MR) is 263 cm³/mol. The fourth-order valence-electron chi connectivity index (χ4n) is 9.24. The second-order valence-corrected chi connectivity index (χ2v) is 23.8. The van der Waals surface area contributed by atoms with Crippen LogP contribution >= 0.6 is 0 Å². The van der Waals surface area contributed by atoms with Gasteiger partial charge in [0.15, 0.2) is 0 Å². The van der Waals surface area contributed by atoms with Crippen LogP contribution in [0.5, 0.6) is 0 Å². The molecule has 9 rings (SSSR count). The van der Waals surface area contributed by atoms with Crippen molar-refractivity contribution >= 4 is 35.2 Å². The maximum Gasteiger partial charge on any atom is 0.134 e. The Balaban J connectivity index is 0.000000196. The predicted octanol–water partition coefficient (Wildman–Crippen LogP) is 13.9. The first-order valence-corrected chi connectivity index (χ1v) is 25.7. The van der Waals surface area contributed by atoms with Crippen LogP contribution in [-0.2, 0) is 20.1 Å². The number of hydrogen-bond acceptors (Lipinski definition) is 2. The van der Waals surface area contributed by atoms with Crippen molar-refractivity contribution in [1.82, 2.24) is 4.98 Å². The maximum absolute atomic E-state index is 6.46. The van der Waals surface area contributed by atoms with Gasteiger partial charge in [0.25, 0.3) is 0 Å². The Morgan fingerprint density at radius 1 is 0.651 bits per heavy atom. The molecule has 0 amide bonds. The minimum Gasteiger partial charge on any atom is -0.469 e. The quantitative estimate of drug-likeness (QED) is 0.0906. The van der Waals surface area contributed by atoms with E-state index in [0.717, 1.165) is 61.6 Å². The van der Waals surface area contributed by atoms with Crippen LogP contribution in [0.4, 0.5) is 0 Å². The van der Waals surface area contributed by atoms with E-state index in [2.05, 4.69) is 188 Å². The van der Waals surface area contributed by atoms with Crippen molar-refractivity contribution in [2.24, 2.45) is 0 Å². The van der Waals surface area contributed by atoms with Crippen LogP contribution in [0.2, 0.25) is 19.6 Å². The van der Waals surface area contributed by atoms with Gasteiger partial charge in [-0.1, -0.05) is 136 Å². The topological polar surface area (TPSA) is 33.8 Å². The summed E-state index contributed by atoms with van der Waals surface area (Å²) in [5.41, 5.74) is 17.8. The van der Waals surface area contributed by atoms with E-state index in [-0.39, 0.29) is 20.1 Å². The third-order valence-corrected chi connectivity index (χ3v) is 14.7. The van der Waals surface area contributed by atoms with E-state index >= 15 is 0 Å². The normalized spacial score (nSPS) is 13.2. The molecular weight excluding hydrogens is 963 g/mol. The third kappa shape index (κ3) is 9.70. The second kappa shape index (κ2) is 18.7. The molecule has 6 heteroatoms. The molecule has 4 aromatic carbocycles. The molecule has 1 aliphatic carbocycles. The van der Waals surface area contributed by atoms with Crippen molar-refractivity contribution in [1.29, 1.82) is 0 Å². The molecule has 0 aliphatic heterocycles. The van der Waals surface area contributed by atoms with Gasteiger partial charge in [0, 0.05) is 56.4 Å². The Kier molecular flexibility index (Phi) is 13.5.